The molecule has 0 aliphatic carbocycles. The standard InChI is InChI=1S/C8H15NO2/c1-4-6-8(5-2)9-11-7(3)10/h4-6H2,1-3H3. The molecule has 0 saturated heterocycles. The first-order chi connectivity index (χ1) is 5.20. The Balaban J connectivity index is 3.80. The Bertz CT molecular complexity index is 152. The zero-order chi connectivity index (χ0) is 8.69. The topological polar surface area (TPSA) is 38.7 Å². The first-order valence-electron chi connectivity index (χ1n) is 3.94. The third-order valence-electron chi connectivity index (χ3n) is 1.25. The minimum Gasteiger partial charge on any atom is -0.319 e. The van der Waals surface area contributed by atoms with Crippen molar-refractivity contribution in [2.45, 2.75) is 40.0 Å². The van der Waals surface area contributed by atoms with E-state index in [1.165, 1.54) is 6.92 Å². The van der Waals surface area contributed by atoms with E-state index in [4.69, 9.17) is 0 Å². The monoisotopic (exact) mass is 157 g/mol. The van der Waals surface area contributed by atoms with E-state index in [9.17, 15) is 4.79 Å². The lowest BCUT2D eigenvalue weighted by atomic mass is 10.2. The third kappa shape index (κ3) is 5.58. The van der Waals surface area contributed by atoms with Crippen molar-refractivity contribution in [1.82, 2.24) is 0 Å². The van der Waals surface area contributed by atoms with Gasteiger partial charge in [0.1, 0.15) is 0 Å². The molecule has 0 heterocycles. The van der Waals surface area contributed by atoms with E-state index >= 15 is 0 Å². The predicted molar refractivity (Wildman–Crippen MR) is 44.4 cm³/mol. The molecule has 0 aliphatic heterocycles. The zero-order valence-corrected chi connectivity index (χ0v) is 7.39. The van der Waals surface area contributed by atoms with Gasteiger partial charge in [0.25, 0.3) is 0 Å². The highest BCUT2D eigenvalue weighted by atomic mass is 16.7. The van der Waals surface area contributed by atoms with Crippen molar-refractivity contribution in [1.29, 1.82) is 0 Å². The number of carbonyl (C=O) groups excluding carboxylic acids is 1. The Kier molecular flexibility index (Phi) is 5.43. The molecule has 64 valence electrons. The molecule has 0 aromatic rings. The van der Waals surface area contributed by atoms with Crippen LogP contribution in [0.25, 0.3) is 0 Å². The van der Waals surface area contributed by atoms with E-state index in [0.29, 0.717) is 0 Å². The summed E-state index contributed by atoms with van der Waals surface area (Å²) in [7, 11) is 0. The lowest BCUT2D eigenvalue weighted by Crippen LogP contribution is -1.99. The summed E-state index contributed by atoms with van der Waals surface area (Å²) < 4.78 is 0. The van der Waals surface area contributed by atoms with Crippen molar-refractivity contribution in [3.8, 4) is 0 Å². The van der Waals surface area contributed by atoms with E-state index < -0.39 is 0 Å². The number of carbonyl (C=O) groups is 1. The average Bonchev–Trinajstić information content (AvgIpc) is 1.97. The van der Waals surface area contributed by atoms with Crippen molar-refractivity contribution in [3.63, 3.8) is 0 Å². The highest BCUT2D eigenvalue weighted by Gasteiger charge is 1.96. The van der Waals surface area contributed by atoms with Crippen molar-refractivity contribution in [3.05, 3.63) is 0 Å². The summed E-state index contributed by atoms with van der Waals surface area (Å²) in [4.78, 5) is 14.8. The SMILES string of the molecule is CCCC(CC)=NOC(C)=O. The first-order valence-corrected chi connectivity index (χ1v) is 3.94. The van der Waals surface area contributed by atoms with Crippen LogP contribution in [-0.2, 0) is 9.63 Å². The van der Waals surface area contributed by atoms with Crippen LogP contribution < -0.4 is 0 Å². The summed E-state index contributed by atoms with van der Waals surface area (Å²) in [6, 6.07) is 0. The van der Waals surface area contributed by atoms with Gasteiger partial charge >= 0.3 is 5.97 Å². The summed E-state index contributed by atoms with van der Waals surface area (Å²) >= 11 is 0. The molecule has 0 N–H and O–H groups in total. The lowest BCUT2D eigenvalue weighted by molar-refractivity contribution is -0.140. The number of hydrogen-bond donors (Lipinski definition) is 0. The average molecular weight is 157 g/mol. The van der Waals surface area contributed by atoms with Crippen LogP contribution in [0.4, 0.5) is 0 Å². The normalized spacial score (nSPS) is 11.4. The van der Waals surface area contributed by atoms with Crippen LogP contribution in [0.5, 0.6) is 0 Å². The van der Waals surface area contributed by atoms with Crippen LogP contribution in [0, 0.1) is 0 Å². The molecule has 0 aromatic heterocycles. The minimum absolute atomic E-state index is 0.355. The van der Waals surface area contributed by atoms with Gasteiger partial charge in [-0.05, 0) is 12.8 Å². The van der Waals surface area contributed by atoms with E-state index in [2.05, 4.69) is 16.9 Å². The Morgan fingerprint density at radius 1 is 1.45 bits per heavy atom. The molecular weight excluding hydrogens is 142 g/mol. The van der Waals surface area contributed by atoms with Crippen molar-refractivity contribution in [2.24, 2.45) is 5.16 Å². The van der Waals surface area contributed by atoms with Crippen LogP contribution in [0.1, 0.15) is 40.0 Å². The Morgan fingerprint density at radius 3 is 2.45 bits per heavy atom. The molecule has 0 fully saturated rings. The van der Waals surface area contributed by atoms with Crippen LogP contribution in [0.15, 0.2) is 5.16 Å². The maximum atomic E-state index is 10.3. The van der Waals surface area contributed by atoms with Gasteiger partial charge in [0, 0.05) is 6.92 Å². The smallest absolute Gasteiger partial charge is 0.319 e. The highest BCUT2D eigenvalue weighted by molar-refractivity contribution is 5.84. The largest absolute Gasteiger partial charge is 0.331 e. The summed E-state index contributed by atoms with van der Waals surface area (Å²) in [5.74, 6) is -0.355. The van der Waals surface area contributed by atoms with Gasteiger partial charge in [-0.3, -0.25) is 0 Å². The molecule has 3 nitrogen and oxygen atoms in total. The quantitative estimate of drug-likeness (QED) is 0.356. The van der Waals surface area contributed by atoms with E-state index in [0.717, 1.165) is 25.0 Å². The molecule has 3 heteroatoms. The lowest BCUT2D eigenvalue weighted by Gasteiger charge is -1.98. The maximum Gasteiger partial charge on any atom is 0.331 e. The molecule has 0 spiro atoms. The second-order valence-electron chi connectivity index (χ2n) is 2.34. The van der Waals surface area contributed by atoms with Gasteiger partial charge in [-0.25, -0.2) is 4.79 Å². The molecule has 0 rings (SSSR count). The second-order valence-corrected chi connectivity index (χ2v) is 2.34. The fourth-order valence-corrected chi connectivity index (χ4v) is 0.704. The van der Waals surface area contributed by atoms with Crippen LogP contribution >= 0.6 is 0 Å². The molecular formula is C8H15NO2. The van der Waals surface area contributed by atoms with Gasteiger partial charge in [-0.2, -0.15) is 0 Å². The first kappa shape index (κ1) is 10.1. The maximum absolute atomic E-state index is 10.3. The molecule has 0 aromatic carbocycles. The van der Waals surface area contributed by atoms with Crippen molar-refractivity contribution >= 4 is 11.7 Å². The number of rotatable bonds is 4. The second kappa shape index (κ2) is 5.89. The van der Waals surface area contributed by atoms with Crippen LogP contribution in [0.2, 0.25) is 0 Å². The van der Waals surface area contributed by atoms with Crippen molar-refractivity contribution in [2.75, 3.05) is 0 Å². The van der Waals surface area contributed by atoms with Gasteiger partial charge in [-0.1, -0.05) is 25.4 Å². The fourth-order valence-electron chi connectivity index (χ4n) is 0.704. The van der Waals surface area contributed by atoms with E-state index in [1.807, 2.05) is 6.92 Å². The molecule has 11 heavy (non-hydrogen) atoms. The molecule has 0 amide bonds. The summed E-state index contributed by atoms with van der Waals surface area (Å²) in [5, 5.41) is 3.70. The summed E-state index contributed by atoms with van der Waals surface area (Å²) in [5.41, 5.74) is 0.947. The van der Waals surface area contributed by atoms with Gasteiger partial charge in [-0.15, -0.1) is 0 Å². The third-order valence-corrected chi connectivity index (χ3v) is 1.25. The van der Waals surface area contributed by atoms with Gasteiger partial charge in [0.2, 0.25) is 0 Å². The summed E-state index contributed by atoms with van der Waals surface area (Å²) in [6.45, 7) is 5.42. The van der Waals surface area contributed by atoms with Gasteiger partial charge < -0.3 is 4.84 Å². The fraction of sp³-hybridized carbons (Fsp3) is 0.750. The molecule has 0 saturated carbocycles. The van der Waals surface area contributed by atoms with Gasteiger partial charge in [0.15, 0.2) is 0 Å². The Hall–Kier alpha value is -0.860. The molecule has 0 aliphatic rings. The Morgan fingerprint density at radius 2 is 2.09 bits per heavy atom. The molecule has 0 atom stereocenters. The predicted octanol–water partition coefficient (Wildman–Crippen LogP) is 2.12. The number of hydrogen-bond acceptors (Lipinski definition) is 3. The highest BCUT2D eigenvalue weighted by Crippen LogP contribution is 1.97. The zero-order valence-electron chi connectivity index (χ0n) is 7.39. The van der Waals surface area contributed by atoms with Crippen molar-refractivity contribution < 1.29 is 9.63 Å². The number of nitrogens with zero attached hydrogens (tertiary/aromatic N) is 1. The van der Waals surface area contributed by atoms with E-state index in [-0.39, 0.29) is 5.97 Å². The van der Waals surface area contributed by atoms with Crippen LogP contribution in [-0.4, -0.2) is 11.7 Å². The van der Waals surface area contributed by atoms with E-state index in [1.54, 1.807) is 0 Å². The molecule has 0 unspecified atom stereocenters. The molecule has 0 radical (unpaired) electrons. The van der Waals surface area contributed by atoms with Crippen LogP contribution in [0.3, 0.4) is 0 Å². The minimum atomic E-state index is -0.355. The Labute approximate surface area is 67.4 Å². The molecule has 0 bridgehead atoms. The summed E-state index contributed by atoms with van der Waals surface area (Å²) in [6.07, 6.45) is 2.79. The number of oxime groups is 1. The van der Waals surface area contributed by atoms with Gasteiger partial charge in [0.05, 0.1) is 5.71 Å².